The lowest BCUT2D eigenvalue weighted by atomic mass is 9.65. The molecule has 2 N–H and O–H groups in total. The first-order valence-electron chi connectivity index (χ1n) is 7.52. The third kappa shape index (κ3) is 3.48. The summed E-state index contributed by atoms with van der Waals surface area (Å²) in [6.45, 7) is 4.71. The van der Waals surface area contributed by atoms with Crippen molar-refractivity contribution in [2.45, 2.75) is 52.0 Å². The number of halogens is 1. The van der Waals surface area contributed by atoms with Gasteiger partial charge in [-0.1, -0.05) is 38.3 Å². The molecule has 0 amide bonds. The van der Waals surface area contributed by atoms with E-state index in [9.17, 15) is 0 Å². The summed E-state index contributed by atoms with van der Waals surface area (Å²) in [5.74, 6) is 1.46. The predicted octanol–water partition coefficient (Wildman–Crippen LogP) is 4.43. The molecule has 112 valence electrons. The summed E-state index contributed by atoms with van der Waals surface area (Å²) in [6, 6.07) is 5.93. The van der Waals surface area contributed by atoms with Crippen LogP contribution in [0.25, 0.3) is 0 Å². The maximum absolute atomic E-state index is 6.53. The molecule has 1 fully saturated rings. The van der Waals surface area contributed by atoms with Crippen molar-refractivity contribution in [3.8, 4) is 5.75 Å². The number of rotatable bonds is 4. The van der Waals surface area contributed by atoms with Gasteiger partial charge in [0.25, 0.3) is 0 Å². The fourth-order valence-corrected chi connectivity index (χ4v) is 3.81. The van der Waals surface area contributed by atoms with Crippen molar-refractivity contribution in [2.75, 3.05) is 7.11 Å². The Bertz CT molecular complexity index is 458. The number of hydrogen-bond acceptors (Lipinski definition) is 2. The minimum absolute atomic E-state index is 0.165. The van der Waals surface area contributed by atoms with Crippen molar-refractivity contribution in [1.82, 2.24) is 0 Å². The lowest BCUT2D eigenvalue weighted by Gasteiger charge is -2.42. The first-order valence-corrected chi connectivity index (χ1v) is 7.90. The lowest BCUT2D eigenvalue weighted by molar-refractivity contribution is 0.112. The van der Waals surface area contributed by atoms with Crippen molar-refractivity contribution >= 4 is 11.6 Å². The van der Waals surface area contributed by atoms with Gasteiger partial charge in [-0.05, 0) is 54.4 Å². The van der Waals surface area contributed by atoms with Crippen LogP contribution in [0.2, 0.25) is 5.02 Å². The Kier molecular flexibility index (Phi) is 4.98. The third-order valence-electron chi connectivity index (χ3n) is 4.80. The highest BCUT2D eigenvalue weighted by Gasteiger charge is 2.36. The Labute approximate surface area is 127 Å². The van der Waals surface area contributed by atoms with Gasteiger partial charge in [0.15, 0.2) is 0 Å². The van der Waals surface area contributed by atoms with Crippen LogP contribution in [-0.4, -0.2) is 13.2 Å². The second-order valence-corrected chi connectivity index (χ2v) is 7.10. The number of benzene rings is 1. The van der Waals surface area contributed by atoms with E-state index in [1.54, 1.807) is 7.11 Å². The minimum atomic E-state index is 0.165. The standard InChI is InChI=1S/C17H26ClNO/c1-17(2)9-5-4-6-14(17)15(19)11-12-10-13(18)7-8-16(12)20-3/h7-8,10,14-15H,4-6,9,11,19H2,1-3H3. The molecule has 0 aromatic heterocycles. The maximum Gasteiger partial charge on any atom is 0.122 e. The van der Waals surface area contributed by atoms with Crippen LogP contribution >= 0.6 is 11.6 Å². The first kappa shape index (κ1) is 15.7. The minimum Gasteiger partial charge on any atom is -0.496 e. The molecule has 2 nitrogen and oxygen atoms in total. The maximum atomic E-state index is 6.53. The molecule has 0 saturated heterocycles. The van der Waals surface area contributed by atoms with Crippen LogP contribution in [0, 0.1) is 11.3 Å². The van der Waals surface area contributed by atoms with E-state index in [0.29, 0.717) is 11.3 Å². The van der Waals surface area contributed by atoms with E-state index in [1.165, 1.54) is 25.7 Å². The van der Waals surface area contributed by atoms with Gasteiger partial charge in [0.1, 0.15) is 5.75 Å². The molecule has 20 heavy (non-hydrogen) atoms. The molecule has 1 aliphatic carbocycles. The smallest absolute Gasteiger partial charge is 0.122 e. The van der Waals surface area contributed by atoms with Crippen molar-refractivity contribution in [3.63, 3.8) is 0 Å². The van der Waals surface area contributed by atoms with E-state index in [-0.39, 0.29) is 6.04 Å². The molecule has 0 aliphatic heterocycles. The highest BCUT2D eigenvalue weighted by Crippen LogP contribution is 2.42. The molecule has 2 atom stereocenters. The zero-order chi connectivity index (χ0) is 14.8. The van der Waals surface area contributed by atoms with E-state index >= 15 is 0 Å². The Hall–Kier alpha value is -0.730. The summed E-state index contributed by atoms with van der Waals surface area (Å²) < 4.78 is 5.43. The van der Waals surface area contributed by atoms with Crippen LogP contribution in [0.4, 0.5) is 0 Å². The van der Waals surface area contributed by atoms with E-state index in [1.807, 2.05) is 18.2 Å². The molecular weight excluding hydrogens is 270 g/mol. The van der Waals surface area contributed by atoms with Crippen molar-refractivity contribution in [3.05, 3.63) is 28.8 Å². The van der Waals surface area contributed by atoms with E-state index in [4.69, 9.17) is 22.1 Å². The van der Waals surface area contributed by atoms with Crippen LogP contribution in [0.3, 0.4) is 0 Å². The normalized spacial score (nSPS) is 23.4. The fourth-order valence-electron chi connectivity index (χ4n) is 3.62. The van der Waals surface area contributed by atoms with Gasteiger partial charge in [0, 0.05) is 11.1 Å². The molecule has 0 radical (unpaired) electrons. The molecule has 0 spiro atoms. The van der Waals surface area contributed by atoms with Crippen molar-refractivity contribution in [2.24, 2.45) is 17.1 Å². The Morgan fingerprint density at radius 1 is 1.40 bits per heavy atom. The highest BCUT2D eigenvalue weighted by molar-refractivity contribution is 6.30. The van der Waals surface area contributed by atoms with Gasteiger partial charge in [0.2, 0.25) is 0 Å². The summed E-state index contributed by atoms with van der Waals surface area (Å²) in [6.07, 6.45) is 5.97. The number of hydrogen-bond donors (Lipinski definition) is 1. The topological polar surface area (TPSA) is 35.2 Å². The van der Waals surface area contributed by atoms with E-state index < -0.39 is 0 Å². The van der Waals surface area contributed by atoms with Gasteiger partial charge in [-0.15, -0.1) is 0 Å². The summed E-state index contributed by atoms with van der Waals surface area (Å²) in [4.78, 5) is 0. The van der Waals surface area contributed by atoms with Crippen LogP contribution in [-0.2, 0) is 6.42 Å². The van der Waals surface area contributed by atoms with Gasteiger partial charge < -0.3 is 10.5 Å². The Balaban J connectivity index is 2.14. The Morgan fingerprint density at radius 3 is 2.80 bits per heavy atom. The predicted molar refractivity (Wildman–Crippen MR) is 85.4 cm³/mol. The van der Waals surface area contributed by atoms with Crippen LogP contribution in [0.5, 0.6) is 5.75 Å². The van der Waals surface area contributed by atoms with Crippen LogP contribution < -0.4 is 10.5 Å². The summed E-state index contributed by atoms with van der Waals surface area (Å²) >= 11 is 6.10. The van der Waals surface area contributed by atoms with Gasteiger partial charge in [-0.3, -0.25) is 0 Å². The van der Waals surface area contributed by atoms with Crippen molar-refractivity contribution < 1.29 is 4.74 Å². The molecule has 0 bridgehead atoms. The van der Waals surface area contributed by atoms with Crippen LogP contribution in [0.1, 0.15) is 45.1 Å². The first-order chi connectivity index (χ1) is 9.44. The fraction of sp³-hybridized carbons (Fsp3) is 0.647. The Morgan fingerprint density at radius 2 is 2.15 bits per heavy atom. The molecule has 1 aliphatic rings. The number of ether oxygens (including phenoxy) is 1. The molecule has 2 rings (SSSR count). The molecule has 1 aromatic rings. The second-order valence-electron chi connectivity index (χ2n) is 6.67. The zero-order valence-electron chi connectivity index (χ0n) is 12.8. The van der Waals surface area contributed by atoms with E-state index in [0.717, 1.165) is 22.8 Å². The summed E-state index contributed by atoms with van der Waals surface area (Å²) in [5, 5.41) is 0.746. The van der Waals surface area contributed by atoms with Crippen molar-refractivity contribution in [1.29, 1.82) is 0 Å². The monoisotopic (exact) mass is 295 g/mol. The quantitative estimate of drug-likeness (QED) is 0.891. The average molecular weight is 296 g/mol. The number of nitrogens with two attached hydrogens (primary N) is 1. The molecule has 2 unspecified atom stereocenters. The van der Waals surface area contributed by atoms with Gasteiger partial charge in [0.05, 0.1) is 7.11 Å². The largest absolute Gasteiger partial charge is 0.496 e. The zero-order valence-corrected chi connectivity index (χ0v) is 13.5. The lowest BCUT2D eigenvalue weighted by Crippen LogP contribution is -2.43. The van der Waals surface area contributed by atoms with Gasteiger partial charge in [-0.25, -0.2) is 0 Å². The summed E-state index contributed by atoms with van der Waals surface area (Å²) in [7, 11) is 1.70. The number of methoxy groups -OCH3 is 1. The van der Waals surface area contributed by atoms with Gasteiger partial charge in [-0.2, -0.15) is 0 Å². The third-order valence-corrected chi connectivity index (χ3v) is 5.04. The van der Waals surface area contributed by atoms with E-state index in [2.05, 4.69) is 13.8 Å². The molecule has 1 saturated carbocycles. The highest BCUT2D eigenvalue weighted by atomic mass is 35.5. The molecule has 3 heteroatoms. The molecule has 1 aromatic carbocycles. The molecule has 0 heterocycles. The average Bonchev–Trinajstić information content (AvgIpc) is 2.38. The SMILES string of the molecule is COc1ccc(Cl)cc1CC(N)C1CCCCC1(C)C. The van der Waals surface area contributed by atoms with Crippen LogP contribution in [0.15, 0.2) is 18.2 Å². The second kappa shape index (κ2) is 6.36. The molecular formula is C17H26ClNO. The summed E-state index contributed by atoms with van der Waals surface area (Å²) in [5.41, 5.74) is 7.99. The van der Waals surface area contributed by atoms with Gasteiger partial charge >= 0.3 is 0 Å².